The second kappa shape index (κ2) is 7.22. The fraction of sp³-hybridized carbons (Fsp3) is 0.235. The molecule has 22 heavy (non-hydrogen) atoms. The Labute approximate surface area is 131 Å². The third-order valence-corrected chi connectivity index (χ3v) is 4.09. The molecule has 4 nitrogen and oxygen atoms in total. The van der Waals surface area contributed by atoms with Crippen LogP contribution < -0.4 is 0 Å². The van der Waals surface area contributed by atoms with Crippen LogP contribution in [0, 0.1) is 5.92 Å². The lowest BCUT2D eigenvalue weighted by Gasteiger charge is -2.11. The molecule has 0 saturated heterocycles. The number of hydrogen-bond donors (Lipinski definition) is 0. The monoisotopic (exact) mass is 317 g/mol. The topological polar surface area (TPSA) is 55.7 Å². The Morgan fingerprint density at radius 1 is 1.00 bits per heavy atom. The van der Waals surface area contributed by atoms with E-state index in [-0.39, 0.29) is 16.7 Å². The first-order valence-corrected chi connectivity index (χ1v) is 8.51. The van der Waals surface area contributed by atoms with Crippen molar-refractivity contribution in [2.45, 2.75) is 18.7 Å². The maximum absolute atomic E-state index is 12.4. The first-order valence-electron chi connectivity index (χ1n) is 7.07. The molecule has 0 bridgehead atoms. The van der Waals surface area contributed by atoms with E-state index in [1.807, 2.05) is 32.0 Å². The summed E-state index contributed by atoms with van der Waals surface area (Å²) >= 11 is 0. The summed E-state index contributed by atoms with van der Waals surface area (Å²) in [5, 5.41) is 0. The first-order chi connectivity index (χ1) is 10.5. The molecular weight excluding hydrogens is 298 g/mol. The zero-order chi connectivity index (χ0) is 16.0. The highest BCUT2D eigenvalue weighted by molar-refractivity contribution is 7.90. The lowest BCUT2D eigenvalue weighted by Crippen LogP contribution is -2.14. The van der Waals surface area contributed by atoms with Crippen LogP contribution in [0.1, 0.15) is 19.4 Å². The molecule has 0 fully saturated rings. The Morgan fingerprint density at radius 2 is 1.55 bits per heavy atom. The summed E-state index contributed by atoms with van der Waals surface area (Å²) in [5.74, 6) is 0.395. The molecule has 0 amide bonds. The maximum Gasteiger partial charge on any atom is 0.285 e. The Balaban J connectivity index is 2.40. The van der Waals surface area contributed by atoms with Gasteiger partial charge in [-0.3, -0.25) is 0 Å². The minimum absolute atomic E-state index is 0.123. The van der Waals surface area contributed by atoms with Crippen LogP contribution in [0.5, 0.6) is 0 Å². The highest BCUT2D eigenvalue weighted by Crippen LogP contribution is 2.14. The molecule has 2 rings (SSSR count). The van der Waals surface area contributed by atoms with Crippen LogP contribution in [-0.4, -0.2) is 20.9 Å². The van der Waals surface area contributed by atoms with Gasteiger partial charge in [0.25, 0.3) is 10.0 Å². The molecule has 0 heterocycles. The van der Waals surface area contributed by atoms with Crippen LogP contribution in [0.25, 0.3) is 0 Å². The first kappa shape index (κ1) is 16.2. The van der Waals surface area contributed by atoms with Crippen molar-refractivity contribution in [2.75, 3.05) is 6.61 Å². The SMILES string of the molecule is CC(C)CO/C(=N/S(=O)(=O)c1ccccc1)c1ccccc1. The summed E-state index contributed by atoms with van der Waals surface area (Å²) in [4.78, 5) is 0.150. The van der Waals surface area contributed by atoms with Crippen molar-refractivity contribution in [3.05, 3.63) is 66.2 Å². The fourth-order valence-corrected chi connectivity index (χ4v) is 2.73. The van der Waals surface area contributed by atoms with Gasteiger partial charge in [-0.25, -0.2) is 0 Å². The summed E-state index contributed by atoms with van der Waals surface area (Å²) in [6.45, 7) is 4.39. The summed E-state index contributed by atoms with van der Waals surface area (Å²) in [6.07, 6.45) is 0. The number of rotatable bonds is 5. The summed E-state index contributed by atoms with van der Waals surface area (Å²) in [6, 6.07) is 17.2. The van der Waals surface area contributed by atoms with Crippen LogP contribution in [0.3, 0.4) is 0 Å². The van der Waals surface area contributed by atoms with E-state index in [0.717, 1.165) is 0 Å². The zero-order valence-corrected chi connectivity index (χ0v) is 13.5. The molecule has 0 N–H and O–H groups in total. The van der Waals surface area contributed by atoms with Crippen LogP contribution in [0.15, 0.2) is 70.0 Å². The predicted octanol–water partition coefficient (Wildman–Crippen LogP) is 3.49. The fourth-order valence-electron chi connectivity index (χ4n) is 1.74. The van der Waals surface area contributed by atoms with Gasteiger partial charge in [0.2, 0.25) is 5.90 Å². The third-order valence-electron chi connectivity index (χ3n) is 2.82. The number of ether oxygens (including phenoxy) is 1. The molecule has 0 saturated carbocycles. The van der Waals surface area contributed by atoms with Gasteiger partial charge < -0.3 is 4.74 Å². The molecule has 0 radical (unpaired) electrons. The molecule has 0 aliphatic rings. The van der Waals surface area contributed by atoms with Crippen molar-refractivity contribution in [2.24, 2.45) is 10.3 Å². The second-order valence-electron chi connectivity index (χ2n) is 5.26. The van der Waals surface area contributed by atoms with Crippen LogP contribution in [-0.2, 0) is 14.8 Å². The Hall–Kier alpha value is -2.14. The molecule has 116 valence electrons. The quantitative estimate of drug-likeness (QED) is 0.626. The third kappa shape index (κ3) is 4.43. The van der Waals surface area contributed by atoms with Gasteiger partial charge in [-0.05, 0) is 30.2 Å². The Bertz CT molecular complexity index is 723. The molecule has 0 aliphatic carbocycles. The standard InChI is InChI=1S/C17H19NO3S/c1-14(2)13-21-17(15-9-5-3-6-10-15)18-22(19,20)16-11-7-4-8-12-16/h3-12,14H,13H2,1-2H3/b18-17+. The van der Waals surface area contributed by atoms with E-state index in [9.17, 15) is 8.42 Å². The highest BCUT2D eigenvalue weighted by atomic mass is 32.2. The van der Waals surface area contributed by atoms with Crippen LogP contribution in [0.4, 0.5) is 0 Å². The molecule has 0 aliphatic heterocycles. The summed E-state index contributed by atoms with van der Waals surface area (Å²) < 4.78 is 34.3. The number of sulfonamides is 1. The van der Waals surface area contributed by atoms with E-state index < -0.39 is 10.0 Å². The van der Waals surface area contributed by atoms with Gasteiger partial charge in [-0.1, -0.05) is 50.2 Å². The van der Waals surface area contributed by atoms with Gasteiger partial charge in [-0.15, -0.1) is 4.40 Å². The van der Waals surface area contributed by atoms with Gasteiger partial charge in [0.15, 0.2) is 0 Å². The van der Waals surface area contributed by atoms with Crippen molar-refractivity contribution in [3.63, 3.8) is 0 Å². The molecule has 0 atom stereocenters. The van der Waals surface area contributed by atoms with Crippen LogP contribution >= 0.6 is 0 Å². The number of hydrogen-bond acceptors (Lipinski definition) is 3. The second-order valence-corrected chi connectivity index (χ2v) is 6.86. The van der Waals surface area contributed by atoms with E-state index in [4.69, 9.17) is 4.74 Å². The largest absolute Gasteiger partial charge is 0.476 e. The molecule has 0 unspecified atom stereocenters. The zero-order valence-electron chi connectivity index (χ0n) is 12.6. The maximum atomic E-state index is 12.4. The van der Waals surface area contributed by atoms with E-state index in [1.165, 1.54) is 12.1 Å². The molecule has 0 aromatic heterocycles. The van der Waals surface area contributed by atoms with E-state index in [2.05, 4.69) is 4.40 Å². The average molecular weight is 317 g/mol. The Morgan fingerprint density at radius 3 is 2.09 bits per heavy atom. The average Bonchev–Trinajstić information content (AvgIpc) is 2.53. The highest BCUT2D eigenvalue weighted by Gasteiger charge is 2.16. The van der Waals surface area contributed by atoms with Crippen molar-refractivity contribution >= 4 is 15.9 Å². The smallest absolute Gasteiger partial charge is 0.285 e. The van der Waals surface area contributed by atoms with Gasteiger partial charge >= 0.3 is 0 Å². The number of nitrogens with zero attached hydrogens (tertiary/aromatic N) is 1. The van der Waals surface area contributed by atoms with Gasteiger partial charge in [0.05, 0.1) is 11.5 Å². The van der Waals surface area contributed by atoms with Crippen molar-refractivity contribution in [3.8, 4) is 0 Å². The molecule has 5 heteroatoms. The van der Waals surface area contributed by atoms with Crippen LogP contribution in [0.2, 0.25) is 0 Å². The van der Waals surface area contributed by atoms with Crippen molar-refractivity contribution < 1.29 is 13.2 Å². The lowest BCUT2D eigenvalue weighted by molar-refractivity contribution is 0.260. The van der Waals surface area contributed by atoms with E-state index in [0.29, 0.717) is 12.2 Å². The molecule has 0 spiro atoms. The number of benzene rings is 2. The summed E-state index contributed by atoms with van der Waals surface area (Å²) in [7, 11) is -3.79. The molecular formula is C17H19NO3S. The van der Waals surface area contributed by atoms with Crippen molar-refractivity contribution in [1.82, 2.24) is 0 Å². The summed E-state index contributed by atoms with van der Waals surface area (Å²) in [5.41, 5.74) is 0.641. The Kier molecular flexibility index (Phi) is 5.33. The van der Waals surface area contributed by atoms with Gasteiger partial charge in [0.1, 0.15) is 0 Å². The normalized spacial score (nSPS) is 12.4. The van der Waals surface area contributed by atoms with Crippen molar-refractivity contribution in [1.29, 1.82) is 0 Å². The molecule has 2 aromatic carbocycles. The lowest BCUT2D eigenvalue weighted by atomic mass is 10.2. The minimum atomic E-state index is -3.79. The van der Waals surface area contributed by atoms with E-state index in [1.54, 1.807) is 30.3 Å². The predicted molar refractivity (Wildman–Crippen MR) is 87.4 cm³/mol. The van der Waals surface area contributed by atoms with Gasteiger partial charge in [-0.2, -0.15) is 8.42 Å². The molecule has 2 aromatic rings. The minimum Gasteiger partial charge on any atom is -0.476 e. The van der Waals surface area contributed by atoms with E-state index >= 15 is 0 Å². The van der Waals surface area contributed by atoms with Gasteiger partial charge in [0, 0.05) is 5.56 Å².